The molecule has 0 aliphatic carbocycles. The molecule has 1 atom stereocenters. The Balaban J connectivity index is 0.000000555. The lowest BCUT2D eigenvalue weighted by molar-refractivity contribution is 0.0176. The van der Waals surface area contributed by atoms with Crippen LogP contribution < -0.4 is 0 Å². The van der Waals surface area contributed by atoms with Gasteiger partial charge in [0.1, 0.15) is 5.60 Å². The van der Waals surface area contributed by atoms with E-state index in [1.807, 2.05) is 20.8 Å². The van der Waals surface area contributed by atoms with Gasteiger partial charge in [0.2, 0.25) is 0 Å². The Morgan fingerprint density at radius 1 is 1.42 bits per heavy atom. The van der Waals surface area contributed by atoms with Crippen LogP contribution >= 0.6 is 0 Å². The van der Waals surface area contributed by atoms with Crippen LogP contribution in [0.2, 0.25) is 0 Å². The van der Waals surface area contributed by atoms with Gasteiger partial charge in [0.15, 0.2) is 0 Å². The summed E-state index contributed by atoms with van der Waals surface area (Å²) in [6.45, 7) is 6.25. The van der Waals surface area contributed by atoms with Crippen molar-refractivity contribution >= 4 is 16.2 Å². The first-order valence-corrected chi connectivity index (χ1v) is 7.82. The van der Waals surface area contributed by atoms with Crippen LogP contribution in [0.3, 0.4) is 0 Å². The summed E-state index contributed by atoms with van der Waals surface area (Å²) in [5.74, 6) is 0. The maximum Gasteiger partial charge on any atom is 0.410 e. The monoisotopic (exact) mass is 297 g/mol. The average Bonchev–Trinajstić information content (AvgIpc) is 2.59. The van der Waals surface area contributed by atoms with Crippen LogP contribution in [-0.4, -0.2) is 60.1 Å². The molecule has 8 heteroatoms. The summed E-state index contributed by atoms with van der Waals surface area (Å²) in [5, 5.41) is 9.03. The van der Waals surface area contributed by atoms with E-state index in [9.17, 15) is 13.2 Å². The lowest BCUT2D eigenvalue weighted by Gasteiger charge is -2.27. The summed E-state index contributed by atoms with van der Waals surface area (Å²) in [5.41, 5.74) is -0.459. The molecule has 0 aromatic rings. The SMILES string of the molecule is CC(C)(C)OC(=O)N1CCCC1CO.CS(=O)(=O)O. The minimum Gasteiger partial charge on any atom is -0.444 e. The maximum absolute atomic E-state index is 11.6. The van der Waals surface area contributed by atoms with Crippen molar-refractivity contribution in [3.05, 3.63) is 0 Å². The third-order valence-electron chi connectivity index (χ3n) is 2.22. The van der Waals surface area contributed by atoms with E-state index < -0.39 is 15.7 Å². The molecule has 1 heterocycles. The highest BCUT2D eigenvalue weighted by Gasteiger charge is 2.31. The van der Waals surface area contributed by atoms with Crippen molar-refractivity contribution in [2.24, 2.45) is 0 Å². The number of nitrogens with zero attached hydrogens (tertiary/aromatic N) is 1. The number of carbonyl (C=O) groups excluding carboxylic acids is 1. The third kappa shape index (κ3) is 9.69. The molecule has 0 saturated carbocycles. The minimum absolute atomic E-state index is 0.0270. The summed E-state index contributed by atoms with van der Waals surface area (Å²) in [4.78, 5) is 13.2. The van der Waals surface area contributed by atoms with Crippen LogP contribution in [0.25, 0.3) is 0 Å². The van der Waals surface area contributed by atoms with Crippen molar-refractivity contribution in [2.45, 2.75) is 45.3 Å². The molecule has 2 N–H and O–H groups in total. The van der Waals surface area contributed by atoms with Gasteiger partial charge in [0.25, 0.3) is 10.1 Å². The van der Waals surface area contributed by atoms with Gasteiger partial charge in [-0.3, -0.25) is 4.55 Å². The van der Waals surface area contributed by atoms with Gasteiger partial charge in [0.05, 0.1) is 18.9 Å². The van der Waals surface area contributed by atoms with E-state index >= 15 is 0 Å². The fourth-order valence-electron chi connectivity index (χ4n) is 1.59. The number of hydrogen-bond acceptors (Lipinski definition) is 5. The fourth-order valence-corrected chi connectivity index (χ4v) is 1.59. The van der Waals surface area contributed by atoms with Gasteiger partial charge >= 0.3 is 6.09 Å². The van der Waals surface area contributed by atoms with Gasteiger partial charge in [-0.2, -0.15) is 8.42 Å². The number of aliphatic hydroxyl groups is 1. The Labute approximate surface area is 114 Å². The second-order valence-corrected chi connectivity index (χ2v) is 6.85. The molecule has 1 aliphatic heterocycles. The Hall–Kier alpha value is -0.860. The number of likely N-dealkylation sites (tertiary alicyclic amines) is 1. The van der Waals surface area contributed by atoms with Gasteiger partial charge in [-0.25, -0.2) is 4.79 Å². The first kappa shape index (κ1) is 18.1. The van der Waals surface area contributed by atoms with Crippen molar-refractivity contribution < 1.29 is 27.6 Å². The first-order valence-electron chi connectivity index (χ1n) is 5.97. The van der Waals surface area contributed by atoms with E-state index in [0.717, 1.165) is 12.8 Å². The molecule has 1 aliphatic rings. The molecule has 0 bridgehead atoms. The third-order valence-corrected chi connectivity index (χ3v) is 2.22. The van der Waals surface area contributed by atoms with Crippen molar-refractivity contribution in [1.82, 2.24) is 4.90 Å². The van der Waals surface area contributed by atoms with E-state index in [1.54, 1.807) is 4.90 Å². The largest absolute Gasteiger partial charge is 0.444 e. The Morgan fingerprint density at radius 3 is 2.26 bits per heavy atom. The van der Waals surface area contributed by atoms with E-state index in [-0.39, 0.29) is 18.7 Å². The molecule has 1 saturated heterocycles. The Kier molecular flexibility index (Phi) is 6.74. The summed E-state index contributed by atoms with van der Waals surface area (Å²) in [6.07, 6.45) is 2.22. The molecule has 0 radical (unpaired) electrons. The van der Waals surface area contributed by atoms with E-state index in [4.69, 9.17) is 14.4 Å². The van der Waals surface area contributed by atoms with Crippen LogP contribution in [0.15, 0.2) is 0 Å². The Morgan fingerprint density at radius 2 is 1.89 bits per heavy atom. The number of amides is 1. The zero-order chi connectivity index (χ0) is 15.3. The summed E-state index contributed by atoms with van der Waals surface area (Å²) in [7, 11) is -3.67. The van der Waals surface area contributed by atoms with Crippen LogP contribution in [0.5, 0.6) is 0 Å². The zero-order valence-corrected chi connectivity index (χ0v) is 12.6. The second kappa shape index (κ2) is 7.06. The van der Waals surface area contributed by atoms with Crippen molar-refractivity contribution in [3.8, 4) is 0 Å². The smallest absolute Gasteiger partial charge is 0.410 e. The number of rotatable bonds is 1. The highest BCUT2D eigenvalue weighted by atomic mass is 32.2. The van der Waals surface area contributed by atoms with Crippen molar-refractivity contribution in [1.29, 1.82) is 0 Å². The summed E-state index contributed by atoms with van der Waals surface area (Å²) >= 11 is 0. The zero-order valence-electron chi connectivity index (χ0n) is 11.8. The molecule has 1 amide bonds. The molecule has 1 unspecified atom stereocenters. The molecule has 1 fully saturated rings. The van der Waals surface area contributed by atoms with Gasteiger partial charge in [-0.15, -0.1) is 0 Å². The lowest BCUT2D eigenvalue weighted by Crippen LogP contribution is -2.41. The van der Waals surface area contributed by atoms with Crippen LogP contribution in [0.1, 0.15) is 33.6 Å². The topological polar surface area (TPSA) is 104 Å². The molecular weight excluding hydrogens is 274 g/mol. The van der Waals surface area contributed by atoms with E-state index in [1.165, 1.54) is 0 Å². The van der Waals surface area contributed by atoms with Crippen LogP contribution in [-0.2, 0) is 14.9 Å². The average molecular weight is 297 g/mol. The molecule has 114 valence electrons. The molecular formula is C11H23NO6S. The normalized spacial score (nSPS) is 19.7. The predicted molar refractivity (Wildman–Crippen MR) is 70.5 cm³/mol. The molecule has 19 heavy (non-hydrogen) atoms. The molecule has 0 aromatic carbocycles. The second-order valence-electron chi connectivity index (χ2n) is 5.39. The maximum atomic E-state index is 11.6. The van der Waals surface area contributed by atoms with Crippen LogP contribution in [0.4, 0.5) is 4.79 Å². The minimum atomic E-state index is -3.67. The summed E-state index contributed by atoms with van der Waals surface area (Å²) in [6, 6.07) is -0.0511. The molecule has 1 rings (SSSR count). The fraction of sp³-hybridized carbons (Fsp3) is 0.909. The number of hydrogen-bond donors (Lipinski definition) is 2. The lowest BCUT2D eigenvalue weighted by atomic mass is 10.2. The van der Waals surface area contributed by atoms with Gasteiger partial charge in [0, 0.05) is 6.54 Å². The highest BCUT2D eigenvalue weighted by molar-refractivity contribution is 7.85. The van der Waals surface area contributed by atoms with Gasteiger partial charge < -0.3 is 14.7 Å². The van der Waals surface area contributed by atoms with Crippen LogP contribution in [0, 0.1) is 0 Å². The molecule has 7 nitrogen and oxygen atoms in total. The van der Waals surface area contributed by atoms with E-state index in [2.05, 4.69) is 0 Å². The van der Waals surface area contributed by atoms with Crippen molar-refractivity contribution in [2.75, 3.05) is 19.4 Å². The Bertz CT molecular complexity index is 378. The van der Waals surface area contributed by atoms with Gasteiger partial charge in [-0.05, 0) is 33.6 Å². The molecule has 0 spiro atoms. The van der Waals surface area contributed by atoms with Crippen molar-refractivity contribution in [3.63, 3.8) is 0 Å². The molecule has 0 aromatic heterocycles. The summed E-state index contributed by atoms with van der Waals surface area (Å²) < 4.78 is 31.1. The highest BCUT2D eigenvalue weighted by Crippen LogP contribution is 2.20. The number of ether oxygens (including phenoxy) is 1. The predicted octanol–water partition coefficient (Wildman–Crippen LogP) is 0.882. The van der Waals surface area contributed by atoms with E-state index in [0.29, 0.717) is 12.8 Å². The number of aliphatic hydroxyl groups excluding tert-OH is 1. The first-order chi connectivity index (χ1) is 8.44. The van der Waals surface area contributed by atoms with Gasteiger partial charge in [-0.1, -0.05) is 0 Å². The quantitative estimate of drug-likeness (QED) is 0.696. The standard InChI is InChI=1S/C10H19NO3.CH4O3S/c1-10(2,3)14-9(13)11-6-4-5-8(11)7-12;1-5(2,3)4/h8,12H,4-7H2,1-3H3;1H3,(H,2,3,4). The number of carbonyl (C=O) groups is 1.